The molecule has 130 valence electrons. The minimum Gasteiger partial charge on any atom is -0.342 e. The minimum absolute atomic E-state index is 0.000981. The third kappa shape index (κ3) is 3.61. The Labute approximate surface area is 144 Å². The fourth-order valence-electron chi connectivity index (χ4n) is 3.62. The Hall–Kier alpha value is -1.88. The van der Waals surface area contributed by atoms with Gasteiger partial charge >= 0.3 is 0 Å². The summed E-state index contributed by atoms with van der Waals surface area (Å²) in [7, 11) is 0. The van der Waals surface area contributed by atoms with Crippen molar-refractivity contribution in [3.05, 3.63) is 35.9 Å². The van der Waals surface area contributed by atoms with Gasteiger partial charge in [0.05, 0.1) is 0 Å². The molecule has 3 rings (SSSR count). The van der Waals surface area contributed by atoms with Gasteiger partial charge in [-0.3, -0.25) is 14.5 Å². The zero-order valence-electron chi connectivity index (χ0n) is 14.6. The molecule has 5 heteroatoms. The molecule has 2 aliphatic heterocycles. The first-order chi connectivity index (χ1) is 11.6. The quantitative estimate of drug-likeness (QED) is 0.885. The first-order valence-corrected chi connectivity index (χ1v) is 8.93. The van der Waals surface area contributed by atoms with E-state index in [0.717, 1.165) is 25.9 Å². The second kappa shape index (κ2) is 7.34. The van der Waals surface area contributed by atoms with Crippen molar-refractivity contribution in [1.82, 2.24) is 15.1 Å². The van der Waals surface area contributed by atoms with Crippen molar-refractivity contribution in [1.29, 1.82) is 0 Å². The average Bonchev–Trinajstić information content (AvgIpc) is 2.59. The number of nitrogens with one attached hydrogen (secondary N) is 1. The summed E-state index contributed by atoms with van der Waals surface area (Å²) in [4.78, 5) is 29.0. The molecule has 24 heavy (non-hydrogen) atoms. The Balaban J connectivity index is 1.53. The molecule has 2 fully saturated rings. The van der Waals surface area contributed by atoms with Crippen molar-refractivity contribution in [2.24, 2.45) is 5.92 Å². The first kappa shape index (κ1) is 17.0. The van der Waals surface area contributed by atoms with E-state index < -0.39 is 0 Å². The van der Waals surface area contributed by atoms with Gasteiger partial charge in [0.1, 0.15) is 12.1 Å². The number of benzene rings is 1. The summed E-state index contributed by atoms with van der Waals surface area (Å²) in [6.07, 6.45) is 2.12. The molecule has 0 spiro atoms. The summed E-state index contributed by atoms with van der Waals surface area (Å²) < 4.78 is 0. The maximum Gasteiger partial charge on any atom is 0.246 e. The van der Waals surface area contributed by atoms with Crippen molar-refractivity contribution in [3.63, 3.8) is 0 Å². The van der Waals surface area contributed by atoms with Crippen LogP contribution in [0.5, 0.6) is 0 Å². The van der Waals surface area contributed by atoms with Gasteiger partial charge in [-0.1, -0.05) is 44.2 Å². The SMILES string of the molecule is CC(C)[C@@H]1NC(=O)[C@H]2CN(CCCc3ccccc3)CCN2C1=O. The van der Waals surface area contributed by atoms with Crippen molar-refractivity contribution in [3.8, 4) is 0 Å². The highest BCUT2D eigenvalue weighted by atomic mass is 16.2. The molecule has 0 aromatic heterocycles. The lowest BCUT2D eigenvalue weighted by molar-refractivity contribution is -0.154. The summed E-state index contributed by atoms with van der Waals surface area (Å²) in [5.41, 5.74) is 1.35. The van der Waals surface area contributed by atoms with E-state index >= 15 is 0 Å². The maximum absolute atomic E-state index is 12.5. The van der Waals surface area contributed by atoms with Crippen LogP contribution in [-0.4, -0.2) is 59.9 Å². The summed E-state index contributed by atoms with van der Waals surface area (Å²) in [5, 5.41) is 2.91. The minimum atomic E-state index is -0.363. The van der Waals surface area contributed by atoms with Crippen LogP contribution in [0.4, 0.5) is 0 Å². The number of carbonyl (C=O) groups is 2. The van der Waals surface area contributed by atoms with Crippen LogP contribution in [0.3, 0.4) is 0 Å². The highest BCUT2D eigenvalue weighted by Gasteiger charge is 2.43. The summed E-state index contributed by atoms with van der Waals surface area (Å²) in [6.45, 7) is 7.08. The zero-order chi connectivity index (χ0) is 17.1. The number of piperazine rings is 2. The van der Waals surface area contributed by atoms with E-state index in [9.17, 15) is 9.59 Å². The Morgan fingerprint density at radius 2 is 1.92 bits per heavy atom. The number of carbonyl (C=O) groups excluding carboxylic acids is 2. The standard InChI is InChI=1S/C19H27N3O2/c1-14(2)17-19(24)22-12-11-21(13-16(22)18(23)20-17)10-6-9-15-7-4-3-5-8-15/h3-5,7-8,14,16-17H,6,9-13H2,1-2H3,(H,20,23)/t16-,17+/m1/s1. The first-order valence-electron chi connectivity index (χ1n) is 8.93. The van der Waals surface area contributed by atoms with E-state index in [0.29, 0.717) is 13.1 Å². The van der Waals surface area contributed by atoms with E-state index in [2.05, 4.69) is 34.5 Å². The molecular formula is C19H27N3O2. The Bertz CT molecular complexity index is 588. The normalized spacial score (nSPS) is 24.9. The van der Waals surface area contributed by atoms with E-state index in [-0.39, 0.29) is 29.8 Å². The van der Waals surface area contributed by atoms with Crippen molar-refractivity contribution < 1.29 is 9.59 Å². The third-order valence-corrected chi connectivity index (χ3v) is 5.06. The van der Waals surface area contributed by atoms with Gasteiger partial charge in [-0.15, -0.1) is 0 Å². The maximum atomic E-state index is 12.5. The third-order valence-electron chi connectivity index (χ3n) is 5.06. The van der Waals surface area contributed by atoms with Crippen LogP contribution in [0.2, 0.25) is 0 Å². The van der Waals surface area contributed by atoms with Gasteiger partial charge in [0, 0.05) is 19.6 Å². The van der Waals surface area contributed by atoms with Gasteiger partial charge in [0.15, 0.2) is 0 Å². The molecule has 2 heterocycles. The summed E-state index contributed by atoms with van der Waals surface area (Å²) in [6, 6.07) is 9.78. The number of hydrogen-bond donors (Lipinski definition) is 1. The van der Waals surface area contributed by atoms with Crippen molar-refractivity contribution >= 4 is 11.8 Å². The molecule has 1 aromatic carbocycles. The van der Waals surface area contributed by atoms with E-state index in [1.165, 1.54) is 5.56 Å². The van der Waals surface area contributed by atoms with Gasteiger partial charge < -0.3 is 10.2 Å². The molecule has 2 atom stereocenters. The monoisotopic (exact) mass is 329 g/mol. The van der Waals surface area contributed by atoms with Gasteiger partial charge in [-0.05, 0) is 30.9 Å². The van der Waals surface area contributed by atoms with Crippen LogP contribution in [0, 0.1) is 5.92 Å². The smallest absolute Gasteiger partial charge is 0.246 e. The molecule has 0 aliphatic carbocycles. The number of rotatable bonds is 5. The molecule has 0 saturated carbocycles. The van der Waals surface area contributed by atoms with Gasteiger partial charge in [0.2, 0.25) is 11.8 Å². The Morgan fingerprint density at radius 1 is 1.17 bits per heavy atom. The van der Waals surface area contributed by atoms with Crippen LogP contribution in [0.25, 0.3) is 0 Å². The molecule has 2 amide bonds. The summed E-state index contributed by atoms with van der Waals surface area (Å²) in [5.74, 6) is 0.214. The molecule has 2 saturated heterocycles. The number of nitrogens with zero attached hydrogens (tertiary/aromatic N) is 2. The Kier molecular flexibility index (Phi) is 5.19. The van der Waals surface area contributed by atoms with Crippen LogP contribution >= 0.6 is 0 Å². The fraction of sp³-hybridized carbons (Fsp3) is 0.579. The second-order valence-electron chi connectivity index (χ2n) is 7.17. The van der Waals surface area contributed by atoms with Gasteiger partial charge in [0.25, 0.3) is 0 Å². The Morgan fingerprint density at radius 3 is 2.62 bits per heavy atom. The molecular weight excluding hydrogens is 302 g/mol. The number of fused-ring (bicyclic) bond motifs is 1. The largest absolute Gasteiger partial charge is 0.342 e. The molecule has 0 unspecified atom stereocenters. The van der Waals surface area contributed by atoms with Crippen molar-refractivity contribution in [2.45, 2.75) is 38.8 Å². The highest BCUT2D eigenvalue weighted by Crippen LogP contribution is 2.19. The lowest BCUT2D eigenvalue weighted by atomic mass is 9.96. The van der Waals surface area contributed by atoms with Gasteiger partial charge in [-0.25, -0.2) is 0 Å². The average molecular weight is 329 g/mol. The molecule has 0 radical (unpaired) electrons. The van der Waals surface area contributed by atoms with Crippen molar-refractivity contribution in [2.75, 3.05) is 26.2 Å². The van der Waals surface area contributed by atoms with E-state index in [1.54, 1.807) is 4.90 Å². The summed E-state index contributed by atoms with van der Waals surface area (Å²) >= 11 is 0. The number of amides is 2. The zero-order valence-corrected chi connectivity index (χ0v) is 14.6. The predicted molar refractivity (Wildman–Crippen MR) is 93.5 cm³/mol. The molecule has 5 nitrogen and oxygen atoms in total. The fourth-order valence-corrected chi connectivity index (χ4v) is 3.62. The van der Waals surface area contributed by atoms with E-state index in [4.69, 9.17) is 0 Å². The number of aryl methyl sites for hydroxylation is 1. The molecule has 1 aromatic rings. The van der Waals surface area contributed by atoms with Crippen LogP contribution in [0.15, 0.2) is 30.3 Å². The predicted octanol–water partition coefficient (Wildman–Crippen LogP) is 1.29. The topological polar surface area (TPSA) is 52.7 Å². The lowest BCUT2D eigenvalue weighted by Crippen LogP contribution is -2.70. The molecule has 2 aliphatic rings. The van der Waals surface area contributed by atoms with Crippen LogP contribution < -0.4 is 5.32 Å². The lowest BCUT2D eigenvalue weighted by Gasteiger charge is -2.46. The van der Waals surface area contributed by atoms with Crippen LogP contribution in [0.1, 0.15) is 25.8 Å². The second-order valence-corrected chi connectivity index (χ2v) is 7.17. The highest BCUT2D eigenvalue weighted by molar-refractivity contribution is 5.97. The molecule has 0 bridgehead atoms. The van der Waals surface area contributed by atoms with E-state index in [1.807, 2.05) is 19.9 Å². The molecule has 1 N–H and O–H groups in total. The number of hydrogen-bond acceptors (Lipinski definition) is 3. The van der Waals surface area contributed by atoms with Crippen LogP contribution in [-0.2, 0) is 16.0 Å². The van der Waals surface area contributed by atoms with Gasteiger partial charge in [-0.2, -0.15) is 0 Å².